The minimum atomic E-state index is -0.0811. The third kappa shape index (κ3) is 4.27. The molecule has 0 spiro atoms. The van der Waals surface area contributed by atoms with Crippen LogP contribution in [0.15, 0.2) is 48.5 Å². The number of fused-ring (bicyclic) bond motifs is 4. The number of nitrogens with zero attached hydrogens (tertiary/aromatic N) is 2. The summed E-state index contributed by atoms with van der Waals surface area (Å²) in [4.78, 5) is 19.2. The van der Waals surface area contributed by atoms with Crippen LogP contribution in [0.1, 0.15) is 57.7 Å². The quantitative estimate of drug-likeness (QED) is 0.658. The van der Waals surface area contributed by atoms with Gasteiger partial charge < -0.3 is 4.90 Å². The molecule has 2 aromatic carbocycles. The van der Waals surface area contributed by atoms with Gasteiger partial charge >= 0.3 is 6.19 Å². The van der Waals surface area contributed by atoms with Crippen molar-refractivity contribution in [3.63, 3.8) is 0 Å². The molecule has 0 fully saturated rings. The van der Waals surface area contributed by atoms with Crippen LogP contribution in [0.4, 0.5) is 5.69 Å². The lowest BCUT2D eigenvalue weighted by Crippen LogP contribution is -2.35. The Kier molecular flexibility index (Phi) is 5.93. The predicted octanol–water partition coefficient (Wildman–Crippen LogP) is 5.22. The van der Waals surface area contributed by atoms with Crippen LogP contribution in [-0.4, -0.2) is 5.91 Å². The zero-order chi connectivity index (χ0) is 21.0. The highest BCUT2D eigenvalue weighted by atomic mass is 16.2. The second kappa shape index (κ2) is 8.40. The van der Waals surface area contributed by atoms with E-state index in [0.717, 1.165) is 33.8 Å². The summed E-state index contributed by atoms with van der Waals surface area (Å²) in [6, 6.07) is 16.1. The summed E-state index contributed by atoms with van der Waals surface area (Å²) >= 11 is 0. The number of rotatable bonds is 1. The topological polar surface area (TPSA) is 48.7 Å². The van der Waals surface area contributed by atoms with E-state index in [1.54, 1.807) is 0 Å². The molecular formula is C24H29N4O+. The number of hydrogen-bond donors (Lipinski definition) is 2. The summed E-state index contributed by atoms with van der Waals surface area (Å²) in [5.74, 6) is 0.118. The molecule has 1 amide bonds. The molecule has 0 saturated heterocycles. The first kappa shape index (κ1) is 20.5. The van der Waals surface area contributed by atoms with E-state index in [1.807, 2.05) is 55.1 Å². The second-order valence-electron chi connectivity index (χ2n) is 8.10. The SMILES string of the molecule is CC.CC(C)(C)CC(=O)N1Cc2ccccc2C2=C(N[N+]#CN2)c2ccccc21. The number of benzene rings is 2. The third-order valence-corrected chi connectivity index (χ3v) is 4.72. The summed E-state index contributed by atoms with van der Waals surface area (Å²) in [6.07, 6.45) is 3.27. The zero-order valence-corrected chi connectivity index (χ0v) is 17.8. The van der Waals surface area contributed by atoms with Crippen LogP contribution in [0, 0.1) is 11.6 Å². The molecule has 29 heavy (non-hydrogen) atoms. The van der Waals surface area contributed by atoms with Crippen LogP contribution >= 0.6 is 0 Å². The van der Waals surface area contributed by atoms with Gasteiger partial charge in [0.1, 0.15) is 5.70 Å². The molecule has 0 saturated carbocycles. The lowest BCUT2D eigenvalue weighted by molar-refractivity contribution is -0.120. The lowest BCUT2D eigenvalue weighted by Gasteiger charge is -2.31. The first-order valence-electron chi connectivity index (χ1n) is 10.1. The number of para-hydroxylation sites is 1. The van der Waals surface area contributed by atoms with E-state index in [9.17, 15) is 4.79 Å². The molecule has 150 valence electrons. The van der Waals surface area contributed by atoms with E-state index in [-0.39, 0.29) is 11.3 Å². The number of nitrogens with one attached hydrogen (secondary N) is 2. The molecule has 4 rings (SSSR count). The minimum Gasteiger partial charge on any atom is -0.307 e. The van der Waals surface area contributed by atoms with Gasteiger partial charge in [-0.25, -0.2) is 0 Å². The average molecular weight is 390 g/mol. The Labute approximate surface area is 173 Å². The van der Waals surface area contributed by atoms with Gasteiger partial charge in [-0.2, -0.15) is 5.32 Å². The molecule has 0 atom stereocenters. The molecule has 2 aliphatic rings. The number of carbonyl (C=O) groups is 1. The van der Waals surface area contributed by atoms with Crippen molar-refractivity contribution in [2.45, 2.75) is 47.6 Å². The maximum atomic E-state index is 13.2. The Morgan fingerprint density at radius 3 is 2.41 bits per heavy atom. The summed E-state index contributed by atoms with van der Waals surface area (Å²) < 4.78 is 0. The van der Waals surface area contributed by atoms with Gasteiger partial charge in [-0.15, -0.1) is 5.43 Å². The van der Waals surface area contributed by atoms with Crippen molar-refractivity contribution in [2.24, 2.45) is 5.41 Å². The highest BCUT2D eigenvalue weighted by Crippen LogP contribution is 2.37. The summed E-state index contributed by atoms with van der Waals surface area (Å²) in [5.41, 5.74) is 8.75. The molecule has 0 unspecified atom stereocenters. The van der Waals surface area contributed by atoms with Gasteiger partial charge in [0.15, 0.2) is 5.70 Å². The fraction of sp³-hybridized carbons (Fsp3) is 0.333. The summed E-state index contributed by atoms with van der Waals surface area (Å²) in [6.45, 7) is 10.8. The monoisotopic (exact) mass is 389 g/mol. The molecular weight excluding hydrogens is 360 g/mol. The molecule has 5 heteroatoms. The first-order valence-corrected chi connectivity index (χ1v) is 10.1. The van der Waals surface area contributed by atoms with Crippen LogP contribution in [0.25, 0.3) is 16.3 Å². The van der Waals surface area contributed by atoms with Gasteiger partial charge in [0, 0.05) is 17.5 Å². The fourth-order valence-corrected chi connectivity index (χ4v) is 3.53. The first-order chi connectivity index (χ1) is 13.9. The number of anilines is 1. The average Bonchev–Trinajstić information content (AvgIpc) is 2.71. The van der Waals surface area contributed by atoms with Crippen molar-refractivity contribution in [2.75, 3.05) is 4.90 Å². The smallest absolute Gasteiger partial charge is 0.307 e. The fourth-order valence-electron chi connectivity index (χ4n) is 3.53. The van der Waals surface area contributed by atoms with Gasteiger partial charge in [-0.1, -0.05) is 82.0 Å². The second-order valence-corrected chi connectivity index (χ2v) is 8.10. The Hall–Kier alpha value is -3.26. The highest BCUT2D eigenvalue weighted by Gasteiger charge is 2.31. The van der Waals surface area contributed by atoms with Crippen molar-refractivity contribution >= 4 is 23.0 Å². The standard InChI is InChI=1S/C22H22N4O.C2H6/c1-22(2,3)12-19(27)26-13-15-8-4-5-9-16(15)20-21(25-24-14-23-20)17-10-6-7-11-18(17)26;1-2/h4-11,25H,12-13H2,1-3H3;1-2H3/p+1. The van der Waals surface area contributed by atoms with Crippen molar-refractivity contribution in [3.8, 4) is 6.19 Å². The van der Waals surface area contributed by atoms with Crippen LogP contribution in [0.2, 0.25) is 0 Å². The number of amides is 1. The minimum absolute atomic E-state index is 0.0811. The largest absolute Gasteiger partial charge is 0.411 e. The molecule has 0 bridgehead atoms. The maximum absolute atomic E-state index is 13.2. The normalized spacial score (nSPS) is 14.2. The molecule has 2 N–H and O–H groups in total. The third-order valence-electron chi connectivity index (χ3n) is 4.72. The van der Waals surface area contributed by atoms with E-state index >= 15 is 0 Å². The van der Waals surface area contributed by atoms with E-state index < -0.39 is 0 Å². The Morgan fingerprint density at radius 2 is 1.69 bits per heavy atom. The van der Waals surface area contributed by atoms with Crippen LogP contribution < -0.4 is 15.6 Å². The van der Waals surface area contributed by atoms with Crippen molar-refractivity contribution in [3.05, 3.63) is 70.2 Å². The number of carbonyl (C=O) groups excluding carboxylic acids is 1. The maximum Gasteiger partial charge on any atom is 0.411 e. The van der Waals surface area contributed by atoms with E-state index in [2.05, 4.69) is 54.8 Å². The van der Waals surface area contributed by atoms with E-state index in [1.165, 1.54) is 0 Å². The predicted molar refractivity (Wildman–Crippen MR) is 120 cm³/mol. The van der Waals surface area contributed by atoms with Crippen LogP contribution in [0.5, 0.6) is 0 Å². The molecule has 0 aliphatic carbocycles. The molecule has 2 aromatic rings. The zero-order valence-electron chi connectivity index (χ0n) is 17.8. The number of hydrogen-bond acceptors (Lipinski definition) is 3. The van der Waals surface area contributed by atoms with Gasteiger partial charge in [-0.05, 0) is 17.0 Å². The Morgan fingerprint density at radius 1 is 1.03 bits per heavy atom. The van der Waals surface area contributed by atoms with Gasteiger partial charge in [0.25, 0.3) is 0 Å². The van der Waals surface area contributed by atoms with Crippen molar-refractivity contribution in [1.82, 2.24) is 10.7 Å². The Balaban J connectivity index is 0.00000117. The molecule has 2 aliphatic heterocycles. The molecule has 0 aromatic heterocycles. The van der Waals surface area contributed by atoms with E-state index in [4.69, 9.17) is 0 Å². The molecule has 5 nitrogen and oxygen atoms in total. The molecule has 2 heterocycles. The van der Waals surface area contributed by atoms with Crippen LogP contribution in [0.3, 0.4) is 0 Å². The Bertz CT molecular complexity index is 1010. The summed E-state index contributed by atoms with van der Waals surface area (Å²) in [5, 5.41) is 3.17. The summed E-state index contributed by atoms with van der Waals surface area (Å²) in [7, 11) is 0. The van der Waals surface area contributed by atoms with Gasteiger partial charge in [-0.3, -0.25) is 4.79 Å². The van der Waals surface area contributed by atoms with Gasteiger partial charge in [0.05, 0.1) is 12.2 Å². The van der Waals surface area contributed by atoms with Crippen molar-refractivity contribution in [1.29, 1.82) is 0 Å². The molecule has 0 radical (unpaired) electrons. The van der Waals surface area contributed by atoms with E-state index in [0.29, 0.717) is 13.0 Å². The van der Waals surface area contributed by atoms with Crippen LogP contribution in [-0.2, 0) is 11.3 Å². The lowest BCUT2D eigenvalue weighted by atomic mass is 9.90. The van der Waals surface area contributed by atoms with Crippen molar-refractivity contribution < 1.29 is 4.79 Å². The highest BCUT2D eigenvalue weighted by molar-refractivity contribution is 6.02. The van der Waals surface area contributed by atoms with Gasteiger partial charge in [0.2, 0.25) is 5.91 Å².